The van der Waals surface area contributed by atoms with Crippen molar-refractivity contribution in [3.05, 3.63) is 0 Å². The average Bonchev–Trinajstić information content (AvgIpc) is 2.44. The van der Waals surface area contributed by atoms with Crippen LogP contribution in [0.2, 0.25) is 0 Å². The van der Waals surface area contributed by atoms with Gasteiger partial charge in [-0.1, -0.05) is 6.92 Å². The molecule has 2 atom stereocenters. The van der Waals surface area contributed by atoms with E-state index in [4.69, 9.17) is 4.74 Å². The predicted octanol–water partition coefficient (Wildman–Crippen LogP) is 4.96. The summed E-state index contributed by atoms with van der Waals surface area (Å²) in [6, 6.07) is 0. The topological polar surface area (TPSA) is 46.5 Å². The van der Waals surface area contributed by atoms with Crippen LogP contribution in [0, 0.1) is 34.5 Å². The summed E-state index contributed by atoms with van der Waals surface area (Å²) in [7, 11) is 0. The molecule has 0 amide bonds. The molecule has 4 fully saturated rings. The summed E-state index contributed by atoms with van der Waals surface area (Å²) >= 11 is 0. The van der Waals surface area contributed by atoms with E-state index in [1.165, 1.54) is 19.3 Å². The van der Waals surface area contributed by atoms with E-state index in [0.717, 1.165) is 25.2 Å². The van der Waals surface area contributed by atoms with Crippen LogP contribution in [0.5, 0.6) is 0 Å². The molecule has 0 aromatic rings. The first kappa shape index (κ1) is 19.2. The van der Waals surface area contributed by atoms with Crippen molar-refractivity contribution in [2.24, 2.45) is 34.5 Å². The molecule has 4 rings (SSSR count). The Morgan fingerprint density at radius 2 is 1.56 bits per heavy atom. The van der Waals surface area contributed by atoms with Crippen LogP contribution in [-0.2, 0) is 9.53 Å². The van der Waals surface area contributed by atoms with Gasteiger partial charge in [-0.2, -0.15) is 0 Å². The molecule has 0 aromatic heterocycles. The number of carbonyl (C=O) groups excluding carboxylic acids is 1. The fourth-order valence-corrected chi connectivity index (χ4v) is 6.50. The van der Waals surface area contributed by atoms with E-state index in [9.17, 15) is 9.90 Å². The first-order valence-electron chi connectivity index (χ1n) is 10.3. The predicted molar refractivity (Wildman–Crippen MR) is 100 cm³/mol. The van der Waals surface area contributed by atoms with Gasteiger partial charge in [0.15, 0.2) is 0 Å². The first-order valence-corrected chi connectivity index (χ1v) is 10.3. The van der Waals surface area contributed by atoms with E-state index in [1.807, 2.05) is 34.6 Å². The number of aliphatic hydroxyl groups is 1. The summed E-state index contributed by atoms with van der Waals surface area (Å²) < 4.78 is 6.14. The molecule has 4 aliphatic rings. The van der Waals surface area contributed by atoms with Crippen LogP contribution in [-0.4, -0.2) is 22.3 Å². The first-order chi connectivity index (χ1) is 11.3. The molecule has 4 bridgehead atoms. The van der Waals surface area contributed by atoms with Crippen molar-refractivity contribution in [2.75, 3.05) is 0 Å². The van der Waals surface area contributed by atoms with Crippen LogP contribution in [0.3, 0.4) is 0 Å². The minimum absolute atomic E-state index is 0.0639. The maximum Gasteiger partial charge on any atom is 0.312 e. The Balaban J connectivity index is 1.82. The van der Waals surface area contributed by atoms with Crippen LogP contribution in [0.1, 0.15) is 87.0 Å². The Morgan fingerprint density at radius 1 is 1.04 bits per heavy atom. The second kappa shape index (κ2) is 5.71. The van der Waals surface area contributed by atoms with E-state index in [-0.39, 0.29) is 11.4 Å². The van der Waals surface area contributed by atoms with E-state index in [1.54, 1.807) is 0 Å². The zero-order valence-electron chi connectivity index (χ0n) is 17.3. The number of hydrogen-bond donors (Lipinski definition) is 1. The number of rotatable bonds is 5. The van der Waals surface area contributed by atoms with Crippen LogP contribution in [0.4, 0.5) is 0 Å². The smallest absolute Gasteiger partial charge is 0.312 e. The normalized spacial score (nSPS) is 38.1. The highest BCUT2D eigenvalue weighted by molar-refractivity contribution is 5.76. The van der Waals surface area contributed by atoms with Crippen molar-refractivity contribution in [3.8, 4) is 0 Å². The van der Waals surface area contributed by atoms with Gasteiger partial charge in [-0.3, -0.25) is 4.79 Å². The summed E-state index contributed by atoms with van der Waals surface area (Å²) in [6.07, 6.45) is 6.65. The Bertz CT molecular complexity index is 524. The van der Waals surface area contributed by atoms with Gasteiger partial charge in [0.2, 0.25) is 0 Å². The molecule has 2 unspecified atom stereocenters. The summed E-state index contributed by atoms with van der Waals surface area (Å²) in [5.74, 6) is 2.26. The van der Waals surface area contributed by atoms with Gasteiger partial charge < -0.3 is 9.84 Å². The van der Waals surface area contributed by atoms with Crippen molar-refractivity contribution in [3.63, 3.8) is 0 Å². The SMILES string of the molecule is CCC(C)(C)C(=O)OC(C)(C)C1C2CC3CC1CC(C(C)(C)O)(C3)C2. The number of ether oxygens (including phenoxy) is 1. The van der Waals surface area contributed by atoms with Gasteiger partial charge in [-0.05, 0) is 103 Å². The standard InChI is InChI=1S/C22H38O3/c1-8-19(2,3)18(23)25-20(4,5)17-15-9-14-10-16(17)13-22(11-14,12-15)21(6,7)24/h14-17,24H,8-13H2,1-7H3. The highest BCUT2D eigenvalue weighted by Crippen LogP contribution is 2.67. The lowest BCUT2D eigenvalue weighted by atomic mass is 9.41. The van der Waals surface area contributed by atoms with E-state index in [0.29, 0.717) is 17.8 Å². The van der Waals surface area contributed by atoms with Gasteiger partial charge in [-0.15, -0.1) is 0 Å². The third kappa shape index (κ3) is 3.05. The minimum Gasteiger partial charge on any atom is -0.459 e. The molecular weight excluding hydrogens is 312 g/mol. The van der Waals surface area contributed by atoms with Crippen molar-refractivity contribution in [2.45, 2.75) is 98.2 Å². The van der Waals surface area contributed by atoms with Crippen molar-refractivity contribution in [1.82, 2.24) is 0 Å². The zero-order chi connectivity index (χ0) is 18.8. The molecule has 1 N–H and O–H groups in total. The van der Waals surface area contributed by atoms with Gasteiger partial charge in [0.05, 0.1) is 11.0 Å². The van der Waals surface area contributed by atoms with E-state index in [2.05, 4.69) is 13.8 Å². The van der Waals surface area contributed by atoms with Crippen molar-refractivity contribution in [1.29, 1.82) is 0 Å². The highest BCUT2D eigenvalue weighted by Gasteiger charge is 2.63. The molecule has 0 aromatic carbocycles. The summed E-state index contributed by atoms with van der Waals surface area (Å²) in [4.78, 5) is 12.7. The van der Waals surface area contributed by atoms with Gasteiger partial charge in [-0.25, -0.2) is 0 Å². The molecule has 144 valence electrons. The van der Waals surface area contributed by atoms with Crippen molar-refractivity contribution >= 4 is 5.97 Å². The molecule has 0 spiro atoms. The van der Waals surface area contributed by atoms with Crippen LogP contribution < -0.4 is 0 Å². The second-order valence-corrected chi connectivity index (χ2v) is 11.1. The monoisotopic (exact) mass is 350 g/mol. The van der Waals surface area contributed by atoms with Gasteiger partial charge in [0.25, 0.3) is 0 Å². The highest BCUT2D eigenvalue weighted by atomic mass is 16.6. The van der Waals surface area contributed by atoms with Gasteiger partial charge in [0, 0.05) is 5.92 Å². The molecule has 0 saturated heterocycles. The van der Waals surface area contributed by atoms with Crippen molar-refractivity contribution < 1.29 is 14.6 Å². The Labute approximate surface area is 153 Å². The minimum atomic E-state index is -0.613. The van der Waals surface area contributed by atoms with Crippen LogP contribution in [0.25, 0.3) is 0 Å². The third-order valence-corrected chi connectivity index (χ3v) is 8.17. The number of hydrogen-bond acceptors (Lipinski definition) is 3. The largest absolute Gasteiger partial charge is 0.459 e. The van der Waals surface area contributed by atoms with Gasteiger partial charge in [0.1, 0.15) is 5.60 Å². The summed E-state index contributed by atoms with van der Waals surface area (Å²) in [5.41, 5.74) is -1.38. The Hall–Kier alpha value is -0.570. The van der Waals surface area contributed by atoms with E-state index >= 15 is 0 Å². The molecule has 0 heterocycles. The third-order valence-electron chi connectivity index (χ3n) is 8.17. The Morgan fingerprint density at radius 3 is 2.00 bits per heavy atom. The quantitative estimate of drug-likeness (QED) is 0.713. The van der Waals surface area contributed by atoms with E-state index < -0.39 is 16.6 Å². The average molecular weight is 351 g/mol. The fraction of sp³-hybridized carbons (Fsp3) is 0.955. The molecular formula is C22H38O3. The molecule has 3 heteroatoms. The number of carbonyl (C=O) groups is 1. The number of esters is 1. The lowest BCUT2D eigenvalue weighted by Crippen LogP contribution is -2.62. The molecule has 0 aliphatic heterocycles. The zero-order valence-corrected chi connectivity index (χ0v) is 17.3. The lowest BCUT2D eigenvalue weighted by molar-refractivity contribution is -0.223. The molecule has 4 aliphatic carbocycles. The van der Waals surface area contributed by atoms with Crippen LogP contribution >= 0.6 is 0 Å². The maximum atomic E-state index is 12.7. The fourth-order valence-electron chi connectivity index (χ4n) is 6.50. The molecule has 25 heavy (non-hydrogen) atoms. The van der Waals surface area contributed by atoms with Crippen LogP contribution in [0.15, 0.2) is 0 Å². The Kier molecular flexibility index (Phi) is 4.39. The molecule has 4 saturated carbocycles. The molecule has 0 radical (unpaired) electrons. The van der Waals surface area contributed by atoms with Gasteiger partial charge >= 0.3 is 5.97 Å². The summed E-state index contributed by atoms with van der Waals surface area (Å²) in [5, 5.41) is 10.9. The molecule has 3 nitrogen and oxygen atoms in total. The lowest BCUT2D eigenvalue weighted by Gasteiger charge is -2.65. The second-order valence-electron chi connectivity index (χ2n) is 11.1. The maximum absolute atomic E-state index is 12.7. The summed E-state index contributed by atoms with van der Waals surface area (Å²) in [6.45, 7) is 14.3.